The SMILES string of the molecule is [2H]C([2H])([2H])N1CC[C@@H](c2ccccc2)[C@H](NC(=O)c2ccc3[nH]nc(-c4ccc(OC(C)C)cc4)c3c2)C1. The molecular formula is C29H32N4O2. The molecule has 6 heteroatoms. The van der Waals surface area contributed by atoms with E-state index in [1.807, 2.05) is 80.6 Å². The van der Waals surface area contributed by atoms with Crippen molar-refractivity contribution in [2.75, 3.05) is 20.1 Å². The number of aromatic nitrogens is 2. The Labute approximate surface area is 210 Å². The number of hydrogen-bond donors (Lipinski definition) is 2. The summed E-state index contributed by atoms with van der Waals surface area (Å²) in [6, 6.07) is 22.8. The Kier molecular flexibility index (Phi) is 5.57. The maximum Gasteiger partial charge on any atom is 0.251 e. The van der Waals surface area contributed by atoms with Crippen molar-refractivity contribution < 1.29 is 13.6 Å². The minimum Gasteiger partial charge on any atom is -0.491 e. The molecule has 0 saturated carbocycles. The van der Waals surface area contributed by atoms with Gasteiger partial charge in [0.25, 0.3) is 5.91 Å². The topological polar surface area (TPSA) is 70.2 Å². The highest BCUT2D eigenvalue weighted by Crippen LogP contribution is 2.30. The van der Waals surface area contributed by atoms with Crippen molar-refractivity contribution in [2.45, 2.75) is 38.3 Å². The number of benzene rings is 3. The number of likely N-dealkylation sites (N-methyl/N-ethyl adjacent to an activating group) is 1. The standard InChI is InChI=1S/C29H32N4O2/c1-19(2)35-23-12-9-21(10-13-23)28-25-17-22(11-14-26(25)31-32-28)29(34)30-27-18-33(3)16-15-24(27)20-7-5-4-6-8-20/h4-14,17,19,24,27H,15-16,18H2,1-3H3,(H,30,34)(H,31,32)/t24-,27+/m0/s1/i3D3. The summed E-state index contributed by atoms with van der Waals surface area (Å²) in [4.78, 5) is 15.0. The number of H-pyrrole nitrogens is 1. The molecule has 1 amide bonds. The van der Waals surface area contributed by atoms with E-state index >= 15 is 0 Å². The molecule has 3 aromatic carbocycles. The first-order chi connectivity index (χ1) is 18.2. The van der Waals surface area contributed by atoms with E-state index in [0.717, 1.165) is 33.5 Å². The molecule has 2 atom stereocenters. The van der Waals surface area contributed by atoms with Gasteiger partial charge in [0.2, 0.25) is 0 Å². The molecule has 1 aliphatic heterocycles. The van der Waals surface area contributed by atoms with Gasteiger partial charge in [-0.25, -0.2) is 0 Å². The second kappa shape index (κ2) is 9.92. The van der Waals surface area contributed by atoms with Gasteiger partial charge in [0.15, 0.2) is 0 Å². The van der Waals surface area contributed by atoms with Crippen LogP contribution in [0.2, 0.25) is 0 Å². The van der Waals surface area contributed by atoms with E-state index in [1.165, 1.54) is 4.90 Å². The number of amides is 1. The molecule has 2 N–H and O–H groups in total. The first kappa shape index (κ1) is 19.6. The number of carbonyl (C=O) groups is 1. The molecule has 0 spiro atoms. The van der Waals surface area contributed by atoms with Crippen molar-refractivity contribution in [3.63, 3.8) is 0 Å². The summed E-state index contributed by atoms with van der Waals surface area (Å²) in [5.74, 6) is 0.576. The van der Waals surface area contributed by atoms with E-state index in [1.54, 1.807) is 6.07 Å². The number of piperidine rings is 1. The van der Waals surface area contributed by atoms with Crippen molar-refractivity contribution in [2.24, 2.45) is 0 Å². The largest absolute Gasteiger partial charge is 0.491 e. The minimum absolute atomic E-state index is 0.0264. The fourth-order valence-corrected chi connectivity index (χ4v) is 4.79. The smallest absolute Gasteiger partial charge is 0.251 e. The van der Waals surface area contributed by atoms with Gasteiger partial charge >= 0.3 is 0 Å². The van der Waals surface area contributed by atoms with Crippen LogP contribution in [0.5, 0.6) is 5.75 Å². The average Bonchev–Trinajstić information content (AvgIpc) is 3.32. The fraction of sp³-hybridized carbons (Fsp3) is 0.310. The number of aromatic amines is 1. The normalized spacial score (nSPS) is 20.3. The van der Waals surface area contributed by atoms with Gasteiger partial charge in [-0.15, -0.1) is 0 Å². The Morgan fingerprint density at radius 1 is 1.14 bits per heavy atom. The van der Waals surface area contributed by atoms with Gasteiger partial charge in [0.05, 0.1) is 17.3 Å². The number of nitrogens with zero attached hydrogens (tertiary/aromatic N) is 2. The van der Waals surface area contributed by atoms with Gasteiger partial charge in [-0.1, -0.05) is 30.3 Å². The van der Waals surface area contributed by atoms with Crippen LogP contribution in [-0.2, 0) is 0 Å². The molecule has 4 aromatic rings. The van der Waals surface area contributed by atoms with Crippen molar-refractivity contribution >= 4 is 16.8 Å². The highest BCUT2D eigenvalue weighted by Gasteiger charge is 2.30. The Hall–Kier alpha value is -3.64. The summed E-state index contributed by atoms with van der Waals surface area (Å²) in [6.45, 7) is 2.47. The molecule has 180 valence electrons. The zero-order valence-electron chi connectivity index (χ0n) is 23.0. The maximum absolute atomic E-state index is 13.5. The third kappa shape index (κ3) is 5.08. The molecule has 2 heterocycles. The highest BCUT2D eigenvalue weighted by molar-refractivity contribution is 6.01. The Bertz CT molecular complexity index is 1400. The molecule has 1 saturated heterocycles. The zero-order chi connectivity index (χ0) is 26.9. The summed E-state index contributed by atoms with van der Waals surface area (Å²) < 4.78 is 29.4. The first-order valence-electron chi connectivity index (χ1n) is 13.5. The molecular weight excluding hydrogens is 436 g/mol. The average molecular weight is 472 g/mol. The monoisotopic (exact) mass is 471 g/mol. The van der Waals surface area contributed by atoms with Gasteiger partial charge in [-0.2, -0.15) is 5.10 Å². The van der Waals surface area contributed by atoms with Crippen LogP contribution in [0.25, 0.3) is 22.2 Å². The van der Waals surface area contributed by atoms with Crippen molar-refractivity contribution in [1.82, 2.24) is 20.4 Å². The highest BCUT2D eigenvalue weighted by atomic mass is 16.5. The number of nitrogens with one attached hydrogen (secondary N) is 2. The van der Waals surface area contributed by atoms with Crippen LogP contribution >= 0.6 is 0 Å². The molecule has 1 aliphatic rings. The third-order valence-electron chi connectivity index (χ3n) is 6.48. The van der Waals surface area contributed by atoms with Crippen molar-refractivity contribution in [1.29, 1.82) is 0 Å². The van der Waals surface area contributed by atoms with E-state index in [2.05, 4.69) is 15.5 Å². The zero-order valence-corrected chi connectivity index (χ0v) is 20.0. The number of carbonyl (C=O) groups excluding carboxylic acids is 1. The van der Waals surface area contributed by atoms with Crippen LogP contribution < -0.4 is 10.1 Å². The molecule has 1 fully saturated rings. The van der Waals surface area contributed by atoms with E-state index < -0.39 is 6.98 Å². The number of ether oxygens (including phenoxy) is 1. The summed E-state index contributed by atoms with van der Waals surface area (Å²) in [5, 5.41) is 11.5. The number of fused-ring (bicyclic) bond motifs is 1. The van der Waals surface area contributed by atoms with E-state index in [0.29, 0.717) is 18.5 Å². The minimum atomic E-state index is -2.20. The lowest BCUT2D eigenvalue weighted by molar-refractivity contribution is 0.0900. The lowest BCUT2D eigenvalue weighted by Crippen LogP contribution is -2.50. The lowest BCUT2D eigenvalue weighted by Gasteiger charge is -2.37. The molecule has 0 bridgehead atoms. The number of likely N-dealkylation sites (tertiary alicyclic amines) is 1. The summed E-state index contributed by atoms with van der Waals surface area (Å²) in [7, 11) is 0. The van der Waals surface area contributed by atoms with Crippen molar-refractivity contribution in [3.05, 3.63) is 83.9 Å². The van der Waals surface area contributed by atoms with E-state index in [9.17, 15) is 4.79 Å². The Balaban J connectivity index is 1.40. The van der Waals surface area contributed by atoms with Gasteiger partial charge in [0, 0.05) is 39.1 Å². The number of hydrogen-bond acceptors (Lipinski definition) is 4. The predicted molar refractivity (Wildman–Crippen MR) is 140 cm³/mol. The van der Waals surface area contributed by atoms with E-state index in [4.69, 9.17) is 8.85 Å². The molecule has 5 rings (SSSR count). The van der Waals surface area contributed by atoms with Crippen LogP contribution in [0.1, 0.15) is 46.2 Å². The summed E-state index contributed by atoms with van der Waals surface area (Å²) >= 11 is 0. The lowest BCUT2D eigenvalue weighted by atomic mass is 9.85. The molecule has 0 aliphatic carbocycles. The summed E-state index contributed by atoms with van der Waals surface area (Å²) in [6.07, 6.45) is 0.736. The van der Waals surface area contributed by atoms with Gasteiger partial charge in [-0.05, 0) is 81.8 Å². The van der Waals surface area contributed by atoms with Crippen LogP contribution in [0.3, 0.4) is 0 Å². The maximum atomic E-state index is 13.5. The second-order valence-corrected chi connectivity index (χ2v) is 9.36. The van der Waals surface area contributed by atoms with Crippen LogP contribution in [0.4, 0.5) is 0 Å². The second-order valence-electron chi connectivity index (χ2n) is 9.36. The van der Waals surface area contributed by atoms with Gasteiger partial charge < -0.3 is 15.0 Å². The molecule has 0 unspecified atom stereocenters. The predicted octanol–water partition coefficient (Wildman–Crippen LogP) is 5.23. The summed E-state index contributed by atoms with van der Waals surface area (Å²) in [5.41, 5.74) is 4.08. The van der Waals surface area contributed by atoms with Gasteiger partial charge in [0.1, 0.15) is 5.75 Å². The Morgan fingerprint density at radius 3 is 2.69 bits per heavy atom. The third-order valence-corrected chi connectivity index (χ3v) is 6.48. The molecule has 35 heavy (non-hydrogen) atoms. The molecule has 0 radical (unpaired) electrons. The van der Waals surface area contributed by atoms with Crippen LogP contribution in [0, 0.1) is 0 Å². The van der Waals surface area contributed by atoms with Crippen LogP contribution in [-0.4, -0.2) is 53.2 Å². The Morgan fingerprint density at radius 2 is 1.94 bits per heavy atom. The van der Waals surface area contributed by atoms with E-state index in [-0.39, 0.29) is 30.5 Å². The quantitative estimate of drug-likeness (QED) is 0.404. The fourth-order valence-electron chi connectivity index (χ4n) is 4.79. The number of rotatable bonds is 6. The van der Waals surface area contributed by atoms with Gasteiger partial charge in [-0.3, -0.25) is 9.89 Å². The molecule has 1 aromatic heterocycles. The first-order valence-corrected chi connectivity index (χ1v) is 12.0. The molecule has 6 nitrogen and oxygen atoms in total. The van der Waals surface area contributed by atoms with Crippen molar-refractivity contribution in [3.8, 4) is 17.0 Å². The van der Waals surface area contributed by atoms with Crippen LogP contribution in [0.15, 0.2) is 72.8 Å².